The molecule has 0 aliphatic carbocycles. The molecule has 0 spiro atoms. The van der Waals surface area contributed by atoms with Gasteiger partial charge in [0.25, 0.3) is 0 Å². The SMILES string of the molecule is O=C([O-])CN(CCN(CC(=O)[O-])CC(=O)[O-])CC(=O)[O-].O=S(=O)(O)O.[Na+].[Na+].[Na+].[Na+]. The van der Waals surface area contributed by atoms with Gasteiger partial charge in [-0.3, -0.25) is 18.9 Å². The van der Waals surface area contributed by atoms with Gasteiger partial charge in [-0.2, -0.15) is 8.42 Å². The molecule has 0 saturated carbocycles. The molecule has 0 aromatic heterocycles. The zero-order chi connectivity index (χ0) is 20.2. The van der Waals surface area contributed by atoms with Crippen molar-refractivity contribution in [3.63, 3.8) is 0 Å². The molecule has 0 bridgehead atoms. The first kappa shape index (κ1) is 44.4. The molecule has 0 radical (unpaired) electrons. The molecule has 19 heteroatoms. The predicted molar refractivity (Wildman–Crippen MR) is 67.1 cm³/mol. The number of hydrogen-bond donors (Lipinski definition) is 2. The quantitative estimate of drug-likeness (QED) is 0.207. The Kier molecular flexibility index (Phi) is 37.2. The fourth-order valence-electron chi connectivity index (χ4n) is 1.44. The van der Waals surface area contributed by atoms with Gasteiger partial charge in [-0.25, -0.2) is 0 Å². The summed E-state index contributed by atoms with van der Waals surface area (Å²) in [4.78, 5) is 43.4. The molecule has 0 rings (SSSR count). The Morgan fingerprint density at radius 3 is 0.828 bits per heavy atom. The van der Waals surface area contributed by atoms with Gasteiger partial charge in [0.2, 0.25) is 0 Å². The third kappa shape index (κ3) is 44.2. The van der Waals surface area contributed by atoms with Crippen molar-refractivity contribution < 1.29 is 175 Å². The summed E-state index contributed by atoms with van der Waals surface area (Å²) in [6.07, 6.45) is 0. The van der Waals surface area contributed by atoms with Crippen molar-refractivity contribution in [3.8, 4) is 0 Å². The Morgan fingerprint density at radius 1 is 0.586 bits per heavy atom. The first-order valence-corrected chi connectivity index (χ1v) is 7.54. The largest absolute Gasteiger partial charge is 1.00 e. The molecule has 0 amide bonds. The summed E-state index contributed by atoms with van der Waals surface area (Å²) in [5.74, 6) is -6.12. The second-order valence-electron chi connectivity index (χ2n) is 4.36. The normalized spacial score (nSPS) is 9.38. The van der Waals surface area contributed by atoms with Crippen molar-refractivity contribution in [2.45, 2.75) is 0 Å². The van der Waals surface area contributed by atoms with E-state index in [9.17, 15) is 39.6 Å². The van der Waals surface area contributed by atoms with E-state index in [1.54, 1.807) is 0 Å². The van der Waals surface area contributed by atoms with Gasteiger partial charge in [0.05, 0.1) is 23.9 Å². The van der Waals surface area contributed by atoms with Crippen LogP contribution >= 0.6 is 0 Å². The average Bonchev–Trinajstić information content (AvgIpc) is 2.30. The van der Waals surface area contributed by atoms with E-state index in [4.69, 9.17) is 17.5 Å². The monoisotopic (exact) mass is 478 g/mol. The third-order valence-electron chi connectivity index (χ3n) is 2.14. The fraction of sp³-hybridized carbons (Fsp3) is 0.600. The minimum absolute atomic E-state index is 0. The van der Waals surface area contributed by atoms with Gasteiger partial charge in [0.1, 0.15) is 0 Å². The first-order chi connectivity index (χ1) is 11.2. The second kappa shape index (κ2) is 24.3. The van der Waals surface area contributed by atoms with Crippen molar-refractivity contribution in [2.75, 3.05) is 39.3 Å². The summed E-state index contributed by atoms with van der Waals surface area (Å²) in [6.45, 7) is -3.25. The average molecular weight is 478 g/mol. The number of nitrogens with zero attached hydrogens (tertiary/aromatic N) is 2. The molecule has 0 unspecified atom stereocenters. The maximum atomic E-state index is 10.4. The van der Waals surface area contributed by atoms with Crippen LogP contribution in [0.1, 0.15) is 0 Å². The molecule has 0 fully saturated rings. The summed E-state index contributed by atoms with van der Waals surface area (Å²) in [5.41, 5.74) is 0. The van der Waals surface area contributed by atoms with E-state index in [-0.39, 0.29) is 131 Å². The number of carboxylic acids is 4. The first-order valence-electron chi connectivity index (χ1n) is 6.14. The van der Waals surface area contributed by atoms with Crippen molar-refractivity contribution in [1.82, 2.24) is 9.80 Å². The van der Waals surface area contributed by atoms with Gasteiger partial charge in [-0.15, -0.1) is 0 Å². The second-order valence-corrected chi connectivity index (χ2v) is 5.25. The van der Waals surface area contributed by atoms with E-state index < -0.39 is 60.5 Å². The molecule has 14 nitrogen and oxygen atoms in total. The third-order valence-corrected chi connectivity index (χ3v) is 2.14. The van der Waals surface area contributed by atoms with Crippen LogP contribution in [-0.2, 0) is 29.6 Å². The van der Waals surface area contributed by atoms with Crippen LogP contribution in [0.25, 0.3) is 0 Å². The van der Waals surface area contributed by atoms with E-state index in [1.165, 1.54) is 0 Å². The van der Waals surface area contributed by atoms with Crippen LogP contribution in [0.2, 0.25) is 0 Å². The van der Waals surface area contributed by atoms with E-state index in [1.807, 2.05) is 0 Å². The van der Waals surface area contributed by atoms with Crippen LogP contribution in [0.5, 0.6) is 0 Å². The summed E-state index contributed by atoms with van der Waals surface area (Å²) < 4.78 is 31.6. The Morgan fingerprint density at radius 2 is 0.724 bits per heavy atom. The molecular weight excluding hydrogens is 464 g/mol. The van der Waals surface area contributed by atoms with Crippen LogP contribution in [0.15, 0.2) is 0 Å². The van der Waals surface area contributed by atoms with E-state index in [0.29, 0.717) is 0 Å². The Labute approximate surface area is 255 Å². The molecule has 146 valence electrons. The predicted octanol–water partition coefficient (Wildman–Crippen LogP) is -20.0. The van der Waals surface area contributed by atoms with Gasteiger partial charge in [0.15, 0.2) is 0 Å². The van der Waals surface area contributed by atoms with E-state index in [2.05, 4.69) is 0 Å². The summed E-state index contributed by atoms with van der Waals surface area (Å²) >= 11 is 0. The Balaban J connectivity index is -0.000000131. The summed E-state index contributed by atoms with van der Waals surface area (Å²) in [6, 6.07) is 0. The molecule has 0 saturated heterocycles. The maximum Gasteiger partial charge on any atom is 1.00 e. The molecule has 29 heavy (non-hydrogen) atoms. The van der Waals surface area contributed by atoms with Gasteiger partial charge >= 0.3 is 129 Å². The van der Waals surface area contributed by atoms with Crippen LogP contribution in [0, 0.1) is 0 Å². The van der Waals surface area contributed by atoms with Gasteiger partial charge in [-0.1, -0.05) is 0 Å². The Hall–Kier alpha value is 1.67. The number of hydrogen-bond acceptors (Lipinski definition) is 12. The topological polar surface area (TPSA) is 242 Å². The van der Waals surface area contributed by atoms with Gasteiger partial charge in [0, 0.05) is 39.3 Å². The smallest absolute Gasteiger partial charge is 0.549 e. The molecule has 0 heterocycles. The summed E-state index contributed by atoms with van der Waals surface area (Å²) in [5, 5.41) is 41.6. The van der Waals surface area contributed by atoms with Crippen LogP contribution in [-0.4, -0.2) is 90.5 Å². The fourth-order valence-corrected chi connectivity index (χ4v) is 1.44. The van der Waals surface area contributed by atoms with E-state index >= 15 is 0 Å². The van der Waals surface area contributed by atoms with Gasteiger partial charge < -0.3 is 39.6 Å². The van der Waals surface area contributed by atoms with Crippen molar-refractivity contribution in [1.29, 1.82) is 0 Å². The Bertz CT molecular complexity index is 515. The number of carbonyl (C=O) groups excluding carboxylic acids is 4. The zero-order valence-electron chi connectivity index (χ0n) is 16.5. The number of carbonyl (C=O) groups is 4. The minimum atomic E-state index is -4.67. The molecule has 0 aliphatic rings. The van der Waals surface area contributed by atoms with Crippen LogP contribution in [0.4, 0.5) is 0 Å². The molecule has 0 aromatic rings. The number of carboxylic acid groups (broad SMARTS) is 4. The molecule has 2 N–H and O–H groups in total. The standard InChI is InChI=1S/C10H16N2O8.4Na.H2O4S/c13-7(14)3-11(4-8(15)16)1-2-12(5-9(17)18)6-10(19)20;;;;;1-5(2,3)4/h1-6H2,(H,13,14)(H,15,16)(H,17,18)(H,19,20);;;;;(H2,1,2,3,4)/q;4*+1;/p-4. The van der Waals surface area contributed by atoms with Crippen molar-refractivity contribution in [3.05, 3.63) is 0 Å². The van der Waals surface area contributed by atoms with Crippen molar-refractivity contribution in [2.24, 2.45) is 0 Å². The van der Waals surface area contributed by atoms with E-state index in [0.717, 1.165) is 9.80 Å². The van der Waals surface area contributed by atoms with Crippen LogP contribution in [0.3, 0.4) is 0 Å². The maximum absolute atomic E-state index is 10.4. The van der Waals surface area contributed by atoms with Gasteiger partial charge in [-0.05, 0) is 0 Å². The molecule has 0 atom stereocenters. The molecule has 0 aliphatic heterocycles. The zero-order valence-corrected chi connectivity index (χ0v) is 25.3. The number of rotatable bonds is 11. The number of aliphatic carboxylic acids is 4. The molecule has 0 aromatic carbocycles. The molecular formula is C10H14N2Na4O12S. The van der Waals surface area contributed by atoms with Crippen LogP contribution < -0.4 is 139 Å². The van der Waals surface area contributed by atoms with Crippen molar-refractivity contribution >= 4 is 34.3 Å². The minimum Gasteiger partial charge on any atom is -0.549 e. The summed E-state index contributed by atoms with van der Waals surface area (Å²) in [7, 11) is -4.67.